The van der Waals surface area contributed by atoms with E-state index in [0.29, 0.717) is 6.61 Å². The second-order valence-corrected chi connectivity index (χ2v) is 5.61. The molecule has 0 aliphatic carbocycles. The van der Waals surface area contributed by atoms with Crippen molar-refractivity contribution in [1.29, 1.82) is 0 Å². The van der Waals surface area contributed by atoms with Crippen molar-refractivity contribution in [2.75, 3.05) is 6.61 Å². The summed E-state index contributed by atoms with van der Waals surface area (Å²) >= 11 is 0. The minimum Gasteiger partial charge on any atom is -0.491 e. The van der Waals surface area contributed by atoms with E-state index in [2.05, 4.69) is 64.1 Å². The molecular formula is C18H23NO. The molecule has 0 amide bonds. The second kappa shape index (κ2) is 6.10. The summed E-state index contributed by atoms with van der Waals surface area (Å²) in [4.78, 5) is 0. The Balaban J connectivity index is 2.08. The van der Waals surface area contributed by atoms with Crippen LogP contribution in [0.25, 0.3) is 0 Å². The molecule has 106 valence electrons. The number of ether oxygens (including phenoxy) is 1. The van der Waals surface area contributed by atoms with Gasteiger partial charge in [-0.2, -0.15) is 0 Å². The number of rotatable bonds is 4. The SMILES string of the molecule is Cc1cc(C)cc(C(N)COc2cc(C)ccc2C)c1. The first-order valence-corrected chi connectivity index (χ1v) is 6.99. The third-order valence-electron chi connectivity index (χ3n) is 3.43. The average molecular weight is 269 g/mol. The Morgan fingerprint density at radius 3 is 2.20 bits per heavy atom. The Hall–Kier alpha value is -1.80. The Morgan fingerprint density at radius 1 is 0.900 bits per heavy atom. The molecule has 2 N–H and O–H groups in total. The number of hydrogen-bond acceptors (Lipinski definition) is 2. The van der Waals surface area contributed by atoms with Crippen LogP contribution in [-0.2, 0) is 0 Å². The summed E-state index contributed by atoms with van der Waals surface area (Å²) in [5, 5.41) is 0. The third-order valence-corrected chi connectivity index (χ3v) is 3.43. The maximum Gasteiger partial charge on any atom is 0.122 e. The standard InChI is InChI=1S/C18H23NO/c1-12-5-6-15(4)18(10-12)20-11-17(19)16-8-13(2)7-14(3)9-16/h5-10,17H,11,19H2,1-4H3. The minimum absolute atomic E-state index is 0.103. The molecule has 2 nitrogen and oxygen atoms in total. The fraction of sp³-hybridized carbons (Fsp3) is 0.333. The van der Waals surface area contributed by atoms with Crippen molar-refractivity contribution in [2.24, 2.45) is 5.73 Å². The van der Waals surface area contributed by atoms with Crippen molar-refractivity contribution in [3.05, 3.63) is 64.2 Å². The molecule has 0 aliphatic rings. The highest BCUT2D eigenvalue weighted by Gasteiger charge is 2.09. The van der Waals surface area contributed by atoms with Crippen LogP contribution in [0.2, 0.25) is 0 Å². The lowest BCUT2D eigenvalue weighted by Gasteiger charge is -2.16. The van der Waals surface area contributed by atoms with Crippen LogP contribution in [0.5, 0.6) is 5.75 Å². The van der Waals surface area contributed by atoms with E-state index < -0.39 is 0 Å². The zero-order chi connectivity index (χ0) is 14.7. The van der Waals surface area contributed by atoms with Crippen molar-refractivity contribution in [1.82, 2.24) is 0 Å². The Labute approximate surface area is 121 Å². The van der Waals surface area contributed by atoms with Crippen LogP contribution in [0, 0.1) is 27.7 Å². The molecule has 0 fully saturated rings. The van der Waals surface area contributed by atoms with E-state index in [4.69, 9.17) is 10.5 Å². The highest BCUT2D eigenvalue weighted by Crippen LogP contribution is 2.21. The van der Waals surface area contributed by atoms with Gasteiger partial charge in [-0.25, -0.2) is 0 Å². The van der Waals surface area contributed by atoms with Crippen molar-refractivity contribution in [2.45, 2.75) is 33.7 Å². The molecule has 0 saturated heterocycles. The Morgan fingerprint density at radius 2 is 1.55 bits per heavy atom. The molecule has 0 spiro atoms. The maximum atomic E-state index is 6.24. The molecule has 20 heavy (non-hydrogen) atoms. The molecule has 2 aromatic carbocycles. The zero-order valence-corrected chi connectivity index (χ0v) is 12.7. The highest BCUT2D eigenvalue weighted by molar-refractivity contribution is 5.36. The number of nitrogens with two attached hydrogens (primary N) is 1. The van der Waals surface area contributed by atoms with E-state index >= 15 is 0 Å². The van der Waals surface area contributed by atoms with Gasteiger partial charge in [0.2, 0.25) is 0 Å². The van der Waals surface area contributed by atoms with Crippen molar-refractivity contribution >= 4 is 0 Å². The van der Waals surface area contributed by atoms with Gasteiger partial charge in [0.05, 0.1) is 6.04 Å². The summed E-state index contributed by atoms with van der Waals surface area (Å²) in [5.41, 5.74) is 12.2. The normalized spacial score (nSPS) is 12.2. The molecule has 0 aromatic heterocycles. The second-order valence-electron chi connectivity index (χ2n) is 5.61. The first kappa shape index (κ1) is 14.6. The number of hydrogen-bond donors (Lipinski definition) is 1. The molecule has 2 rings (SSSR count). The summed E-state index contributed by atoms with van der Waals surface area (Å²) in [6.45, 7) is 8.80. The smallest absolute Gasteiger partial charge is 0.122 e. The Kier molecular flexibility index (Phi) is 4.46. The predicted octanol–water partition coefficient (Wildman–Crippen LogP) is 4.00. The highest BCUT2D eigenvalue weighted by atomic mass is 16.5. The van der Waals surface area contributed by atoms with Gasteiger partial charge in [0.1, 0.15) is 12.4 Å². The lowest BCUT2D eigenvalue weighted by molar-refractivity contribution is 0.288. The molecule has 1 unspecified atom stereocenters. The Bertz CT molecular complexity index is 584. The summed E-state index contributed by atoms with van der Waals surface area (Å²) in [6, 6.07) is 12.5. The summed E-state index contributed by atoms with van der Waals surface area (Å²) in [6.07, 6.45) is 0. The van der Waals surface area contributed by atoms with Crippen LogP contribution in [-0.4, -0.2) is 6.61 Å². The molecule has 2 heteroatoms. The lowest BCUT2D eigenvalue weighted by Crippen LogP contribution is -2.19. The van der Waals surface area contributed by atoms with E-state index in [0.717, 1.165) is 16.9 Å². The van der Waals surface area contributed by atoms with Gasteiger partial charge in [-0.15, -0.1) is 0 Å². The number of benzene rings is 2. The van der Waals surface area contributed by atoms with Crippen LogP contribution in [0.15, 0.2) is 36.4 Å². The topological polar surface area (TPSA) is 35.2 Å². The fourth-order valence-corrected chi connectivity index (χ4v) is 2.36. The van der Waals surface area contributed by atoms with Crippen LogP contribution >= 0.6 is 0 Å². The van der Waals surface area contributed by atoms with Crippen molar-refractivity contribution < 1.29 is 4.74 Å². The van der Waals surface area contributed by atoms with E-state index in [1.165, 1.54) is 16.7 Å². The van der Waals surface area contributed by atoms with Crippen LogP contribution in [0.1, 0.15) is 33.9 Å². The van der Waals surface area contributed by atoms with Gasteiger partial charge >= 0.3 is 0 Å². The summed E-state index contributed by atoms with van der Waals surface area (Å²) < 4.78 is 5.89. The van der Waals surface area contributed by atoms with E-state index in [1.54, 1.807) is 0 Å². The van der Waals surface area contributed by atoms with E-state index in [9.17, 15) is 0 Å². The molecule has 0 saturated carbocycles. The largest absolute Gasteiger partial charge is 0.491 e. The van der Waals surface area contributed by atoms with E-state index in [-0.39, 0.29) is 6.04 Å². The third kappa shape index (κ3) is 3.61. The monoisotopic (exact) mass is 269 g/mol. The van der Waals surface area contributed by atoms with E-state index in [1.807, 2.05) is 0 Å². The summed E-state index contributed by atoms with van der Waals surface area (Å²) in [7, 11) is 0. The quantitative estimate of drug-likeness (QED) is 0.910. The molecule has 0 heterocycles. The maximum absolute atomic E-state index is 6.24. The van der Waals surface area contributed by atoms with Crippen LogP contribution < -0.4 is 10.5 Å². The van der Waals surface area contributed by atoms with Gasteiger partial charge < -0.3 is 10.5 Å². The molecular weight excluding hydrogens is 246 g/mol. The average Bonchev–Trinajstić information content (AvgIpc) is 2.38. The van der Waals surface area contributed by atoms with Gasteiger partial charge in [0.15, 0.2) is 0 Å². The van der Waals surface area contributed by atoms with Gasteiger partial charge in [0.25, 0.3) is 0 Å². The minimum atomic E-state index is -0.103. The van der Waals surface area contributed by atoms with Gasteiger partial charge in [-0.3, -0.25) is 0 Å². The van der Waals surface area contributed by atoms with Crippen molar-refractivity contribution in [3.8, 4) is 5.75 Å². The first-order chi connectivity index (χ1) is 9.45. The summed E-state index contributed by atoms with van der Waals surface area (Å²) in [5.74, 6) is 0.921. The zero-order valence-electron chi connectivity index (χ0n) is 12.7. The molecule has 1 atom stereocenters. The predicted molar refractivity (Wildman–Crippen MR) is 84.3 cm³/mol. The van der Waals surface area contributed by atoms with Crippen molar-refractivity contribution in [3.63, 3.8) is 0 Å². The molecule has 0 radical (unpaired) electrons. The lowest BCUT2D eigenvalue weighted by atomic mass is 10.0. The van der Waals surface area contributed by atoms with Gasteiger partial charge in [-0.1, -0.05) is 41.5 Å². The van der Waals surface area contributed by atoms with Crippen LogP contribution in [0.4, 0.5) is 0 Å². The van der Waals surface area contributed by atoms with Gasteiger partial charge in [0, 0.05) is 0 Å². The van der Waals surface area contributed by atoms with Gasteiger partial charge in [-0.05, 0) is 50.5 Å². The fourth-order valence-electron chi connectivity index (χ4n) is 2.36. The number of aryl methyl sites for hydroxylation is 4. The molecule has 2 aromatic rings. The first-order valence-electron chi connectivity index (χ1n) is 6.99. The van der Waals surface area contributed by atoms with Crippen LogP contribution in [0.3, 0.4) is 0 Å². The molecule has 0 aliphatic heterocycles. The molecule has 0 bridgehead atoms.